The van der Waals surface area contributed by atoms with Gasteiger partial charge in [-0.15, -0.1) is 0 Å². The third-order valence-corrected chi connectivity index (χ3v) is 2.97. The van der Waals surface area contributed by atoms with Crippen LogP contribution in [0.3, 0.4) is 0 Å². The Kier molecular flexibility index (Phi) is 2.26. The first kappa shape index (κ1) is 10.5. The third kappa shape index (κ3) is 1.63. The van der Waals surface area contributed by atoms with Crippen molar-refractivity contribution in [2.45, 2.75) is 26.3 Å². The molecule has 2 aromatic rings. The lowest BCUT2D eigenvalue weighted by Gasteiger charge is -2.23. The molecular weight excluding hydrogens is 254 g/mol. The molecule has 0 saturated carbocycles. The molecular formula is C11H14BrN3. The van der Waals surface area contributed by atoms with Crippen molar-refractivity contribution in [1.29, 1.82) is 0 Å². The molecule has 1 heterocycles. The van der Waals surface area contributed by atoms with Crippen molar-refractivity contribution < 1.29 is 0 Å². The van der Waals surface area contributed by atoms with Gasteiger partial charge in [0.25, 0.3) is 0 Å². The summed E-state index contributed by atoms with van der Waals surface area (Å²) in [5, 5.41) is 0. The van der Waals surface area contributed by atoms with Crippen LogP contribution in [0.25, 0.3) is 11.0 Å². The number of hydrogen-bond acceptors (Lipinski definition) is 2. The Morgan fingerprint density at radius 1 is 1.33 bits per heavy atom. The molecule has 0 atom stereocenters. The maximum absolute atomic E-state index is 5.94. The second kappa shape index (κ2) is 3.23. The van der Waals surface area contributed by atoms with Crippen molar-refractivity contribution in [3.05, 3.63) is 22.7 Å². The van der Waals surface area contributed by atoms with Gasteiger partial charge in [0.1, 0.15) is 5.52 Å². The molecule has 0 aliphatic rings. The van der Waals surface area contributed by atoms with Crippen molar-refractivity contribution in [3.8, 4) is 0 Å². The van der Waals surface area contributed by atoms with Gasteiger partial charge in [-0.2, -0.15) is 0 Å². The van der Waals surface area contributed by atoms with Crippen molar-refractivity contribution in [2.24, 2.45) is 0 Å². The highest BCUT2D eigenvalue weighted by Gasteiger charge is 2.20. The van der Waals surface area contributed by atoms with Crippen LogP contribution in [0, 0.1) is 0 Å². The maximum atomic E-state index is 5.94. The molecule has 1 aromatic heterocycles. The first-order valence-electron chi connectivity index (χ1n) is 4.84. The number of benzene rings is 1. The van der Waals surface area contributed by atoms with E-state index < -0.39 is 0 Å². The quantitative estimate of drug-likeness (QED) is 0.797. The number of imidazole rings is 1. The molecule has 2 N–H and O–H groups in total. The molecule has 80 valence electrons. The molecule has 0 unspecified atom stereocenters. The minimum absolute atomic E-state index is 0.0559. The number of anilines is 1. The summed E-state index contributed by atoms with van der Waals surface area (Å²) in [6, 6.07) is 6.01. The van der Waals surface area contributed by atoms with E-state index in [0.29, 0.717) is 5.95 Å². The second-order valence-corrected chi connectivity index (χ2v) is 5.44. The number of fused-ring (bicyclic) bond motifs is 1. The topological polar surface area (TPSA) is 43.8 Å². The molecule has 0 radical (unpaired) electrons. The Hall–Kier alpha value is -1.03. The van der Waals surface area contributed by atoms with Crippen LogP contribution in [0.4, 0.5) is 5.95 Å². The van der Waals surface area contributed by atoms with Crippen LogP contribution >= 0.6 is 15.9 Å². The zero-order chi connectivity index (χ0) is 11.2. The Bertz CT molecular complexity index is 508. The monoisotopic (exact) mass is 267 g/mol. The first-order valence-corrected chi connectivity index (χ1v) is 5.63. The highest BCUT2D eigenvalue weighted by atomic mass is 79.9. The lowest BCUT2D eigenvalue weighted by Crippen LogP contribution is -2.23. The summed E-state index contributed by atoms with van der Waals surface area (Å²) in [5.41, 5.74) is 7.87. The summed E-state index contributed by atoms with van der Waals surface area (Å²) in [5.74, 6) is 0.560. The Morgan fingerprint density at radius 3 is 2.60 bits per heavy atom. The third-order valence-electron chi connectivity index (χ3n) is 2.33. The van der Waals surface area contributed by atoms with E-state index in [4.69, 9.17) is 5.73 Å². The number of nitrogen functional groups attached to an aromatic ring is 1. The van der Waals surface area contributed by atoms with Crippen LogP contribution in [-0.2, 0) is 5.54 Å². The van der Waals surface area contributed by atoms with E-state index >= 15 is 0 Å². The van der Waals surface area contributed by atoms with Crippen LogP contribution in [0.15, 0.2) is 22.7 Å². The minimum atomic E-state index is -0.0559. The summed E-state index contributed by atoms with van der Waals surface area (Å²) < 4.78 is 3.03. The van der Waals surface area contributed by atoms with Gasteiger partial charge in [-0.05, 0) is 48.8 Å². The molecule has 0 spiro atoms. The van der Waals surface area contributed by atoms with Gasteiger partial charge in [-0.3, -0.25) is 0 Å². The number of hydrogen-bond donors (Lipinski definition) is 1. The van der Waals surface area contributed by atoms with Crippen LogP contribution in [0.1, 0.15) is 20.8 Å². The SMILES string of the molecule is CC(C)(C)n1c(N)nc2c(Br)cccc21. The van der Waals surface area contributed by atoms with Gasteiger partial charge in [0.05, 0.1) is 5.52 Å². The number of rotatable bonds is 0. The summed E-state index contributed by atoms with van der Waals surface area (Å²) in [4.78, 5) is 4.37. The molecule has 0 bridgehead atoms. The fourth-order valence-corrected chi connectivity index (χ4v) is 2.23. The predicted molar refractivity (Wildman–Crippen MR) is 66.8 cm³/mol. The van der Waals surface area contributed by atoms with Gasteiger partial charge >= 0.3 is 0 Å². The average Bonchev–Trinajstić information content (AvgIpc) is 2.41. The average molecular weight is 268 g/mol. The molecule has 0 fully saturated rings. The van der Waals surface area contributed by atoms with Crippen LogP contribution in [0.5, 0.6) is 0 Å². The molecule has 1 aromatic carbocycles. The van der Waals surface area contributed by atoms with Crippen LogP contribution < -0.4 is 5.73 Å². The largest absolute Gasteiger partial charge is 0.369 e. The summed E-state index contributed by atoms with van der Waals surface area (Å²) >= 11 is 3.48. The smallest absolute Gasteiger partial charge is 0.201 e. The van der Waals surface area contributed by atoms with E-state index in [2.05, 4.69) is 41.7 Å². The van der Waals surface area contributed by atoms with Gasteiger partial charge in [0, 0.05) is 10.0 Å². The van der Waals surface area contributed by atoms with Crippen molar-refractivity contribution in [2.75, 3.05) is 5.73 Å². The Balaban J connectivity index is 2.86. The van der Waals surface area contributed by atoms with Gasteiger partial charge in [0.2, 0.25) is 5.95 Å². The van der Waals surface area contributed by atoms with E-state index in [1.165, 1.54) is 0 Å². The van der Waals surface area contributed by atoms with E-state index in [1.807, 2.05) is 22.8 Å². The summed E-state index contributed by atoms with van der Waals surface area (Å²) in [6.07, 6.45) is 0. The maximum Gasteiger partial charge on any atom is 0.201 e. The lowest BCUT2D eigenvalue weighted by molar-refractivity contribution is 0.414. The minimum Gasteiger partial charge on any atom is -0.369 e. The number of para-hydroxylation sites is 1. The fraction of sp³-hybridized carbons (Fsp3) is 0.364. The lowest BCUT2D eigenvalue weighted by atomic mass is 10.1. The molecule has 0 amide bonds. The van der Waals surface area contributed by atoms with Gasteiger partial charge in [-0.1, -0.05) is 6.07 Å². The van der Waals surface area contributed by atoms with Gasteiger partial charge in [0.15, 0.2) is 0 Å². The van der Waals surface area contributed by atoms with Crippen LogP contribution in [-0.4, -0.2) is 9.55 Å². The predicted octanol–water partition coefficient (Wildman–Crippen LogP) is 3.14. The molecule has 2 rings (SSSR count). The van der Waals surface area contributed by atoms with E-state index in [1.54, 1.807) is 0 Å². The van der Waals surface area contributed by atoms with Crippen molar-refractivity contribution in [3.63, 3.8) is 0 Å². The number of aromatic nitrogens is 2. The number of nitrogens with two attached hydrogens (primary N) is 1. The Labute approximate surface area is 97.4 Å². The van der Waals surface area contributed by atoms with Gasteiger partial charge in [-0.25, -0.2) is 4.98 Å². The molecule has 15 heavy (non-hydrogen) atoms. The van der Waals surface area contributed by atoms with Gasteiger partial charge < -0.3 is 10.3 Å². The zero-order valence-electron chi connectivity index (χ0n) is 9.08. The normalized spacial score (nSPS) is 12.3. The van der Waals surface area contributed by atoms with E-state index in [9.17, 15) is 0 Å². The standard InChI is InChI=1S/C11H14BrN3/c1-11(2,3)15-8-6-4-5-7(12)9(8)14-10(15)13/h4-6H,1-3H3,(H2,13,14). The number of nitrogens with zero attached hydrogens (tertiary/aromatic N) is 2. The van der Waals surface area contributed by atoms with E-state index in [-0.39, 0.29) is 5.54 Å². The second-order valence-electron chi connectivity index (χ2n) is 4.58. The summed E-state index contributed by atoms with van der Waals surface area (Å²) in [7, 11) is 0. The summed E-state index contributed by atoms with van der Waals surface area (Å²) in [6.45, 7) is 6.35. The highest BCUT2D eigenvalue weighted by molar-refractivity contribution is 9.10. The van der Waals surface area contributed by atoms with Crippen LogP contribution in [0.2, 0.25) is 0 Å². The first-order chi connectivity index (χ1) is 6.91. The molecule has 0 aliphatic carbocycles. The molecule has 4 heteroatoms. The zero-order valence-corrected chi connectivity index (χ0v) is 10.7. The van der Waals surface area contributed by atoms with Crippen molar-refractivity contribution in [1.82, 2.24) is 9.55 Å². The number of halogens is 1. The fourth-order valence-electron chi connectivity index (χ4n) is 1.79. The Morgan fingerprint density at radius 2 is 2.00 bits per heavy atom. The van der Waals surface area contributed by atoms with E-state index in [0.717, 1.165) is 15.5 Å². The van der Waals surface area contributed by atoms with Crippen molar-refractivity contribution >= 4 is 32.9 Å². The molecule has 0 aliphatic heterocycles. The molecule has 0 saturated heterocycles. The molecule has 3 nitrogen and oxygen atoms in total. The highest BCUT2D eigenvalue weighted by Crippen LogP contribution is 2.30.